The Labute approximate surface area is 85.9 Å². The number of hydrogen-bond donors (Lipinski definition) is 0. The van der Waals surface area contributed by atoms with Gasteiger partial charge in [-0.1, -0.05) is 12.1 Å². The molecule has 0 radical (unpaired) electrons. The zero-order chi connectivity index (χ0) is 10.6. The highest BCUT2D eigenvalue weighted by Gasteiger charge is 2.08. The molecule has 0 spiro atoms. The Morgan fingerprint density at radius 3 is 2.93 bits per heavy atom. The average molecular weight is 211 g/mol. The lowest BCUT2D eigenvalue weighted by Crippen LogP contribution is -2.00. The fourth-order valence-corrected chi connectivity index (χ4v) is 1.23. The van der Waals surface area contributed by atoms with E-state index in [0.29, 0.717) is 12.0 Å². The molecule has 1 aromatic carbocycles. The first kappa shape index (κ1) is 10.5. The Hall–Kier alpha value is -1.60. The molecule has 0 aromatic heterocycles. The van der Waals surface area contributed by atoms with Crippen LogP contribution in [0.4, 0.5) is 5.69 Å². The molecular weight excluding hydrogens is 204 g/mol. The molecule has 1 atom stereocenters. The summed E-state index contributed by atoms with van der Waals surface area (Å²) in [7, 11) is 0. The molecule has 1 aromatic rings. The van der Waals surface area contributed by atoms with E-state index >= 15 is 0 Å². The van der Waals surface area contributed by atoms with Crippen LogP contribution in [0.1, 0.15) is 5.56 Å². The lowest BCUT2D eigenvalue weighted by Gasteiger charge is -2.00. The predicted octanol–water partition coefficient (Wildman–Crippen LogP) is 2.27. The zero-order valence-corrected chi connectivity index (χ0v) is 7.94. The number of hydrogen-bond acceptors (Lipinski definition) is 3. The number of nitrogens with zero attached hydrogens (tertiary/aromatic N) is 2. The van der Waals surface area contributed by atoms with Crippen molar-refractivity contribution in [1.29, 1.82) is 5.26 Å². The van der Waals surface area contributed by atoms with Gasteiger partial charge in [0.25, 0.3) is 5.69 Å². The van der Waals surface area contributed by atoms with Gasteiger partial charge in [0, 0.05) is 18.6 Å². The van der Waals surface area contributed by atoms with Crippen LogP contribution in [0.3, 0.4) is 0 Å². The summed E-state index contributed by atoms with van der Waals surface area (Å²) in [6.07, 6.45) is 0.319. The third-order valence-corrected chi connectivity index (χ3v) is 1.93. The first-order chi connectivity index (χ1) is 6.63. The number of benzene rings is 1. The number of alkyl halides is 1. The van der Waals surface area contributed by atoms with E-state index in [1.807, 2.05) is 6.07 Å². The molecule has 0 amide bonds. The highest BCUT2D eigenvalue weighted by atomic mass is 35.5. The maximum Gasteiger partial charge on any atom is 0.269 e. The van der Waals surface area contributed by atoms with Gasteiger partial charge >= 0.3 is 0 Å². The minimum Gasteiger partial charge on any atom is -0.258 e. The van der Waals surface area contributed by atoms with Gasteiger partial charge in [0.2, 0.25) is 0 Å². The molecule has 0 bridgehead atoms. The Kier molecular flexibility index (Phi) is 3.43. The summed E-state index contributed by atoms with van der Waals surface area (Å²) in [6, 6.07) is 7.97. The van der Waals surface area contributed by atoms with Crippen molar-refractivity contribution >= 4 is 17.3 Å². The van der Waals surface area contributed by atoms with Gasteiger partial charge in [-0.3, -0.25) is 10.1 Å². The largest absolute Gasteiger partial charge is 0.269 e. The molecule has 0 saturated carbocycles. The van der Waals surface area contributed by atoms with Gasteiger partial charge in [0.1, 0.15) is 5.38 Å². The van der Waals surface area contributed by atoms with Gasteiger partial charge in [-0.05, 0) is 5.56 Å². The maximum atomic E-state index is 10.4. The second-order valence-corrected chi connectivity index (χ2v) is 3.25. The first-order valence-electron chi connectivity index (χ1n) is 3.90. The van der Waals surface area contributed by atoms with Gasteiger partial charge in [0.15, 0.2) is 0 Å². The van der Waals surface area contributed by atoms with Gasteiger partial charge in [0.05, 0.1) is 11.0 Å². The lowest BCUT2D eigenvalue weighted by atomic mass is 10.1. The van der Waals surface area contributed by atoms with Crippen molar-refractivity contribution in [2.75, 3.05) is 0 Å². The van der Waals surface area contributed by atoms with Crippen molar-refractivity contribution in [3.63, 3.8) is 0 Å². The van der Waals surface area contributed by atoms with Crippen LogP contribution in [0.15, 0.2) is 24.3 Å². The molecule has 0 heterocycles. The number of nitriles is 1. The van der Waals surface area contributed by atoms with Crippen molar-refractivity contribution in [2.24, 2.45) is 0 Å². The zero-order valence-electron chi connectivity index (χ0n) is 7.18. The van der Waals surface area contributed by atoms with Gasteiger partial charge < -0.3 is 0 Å². The first-order valence-corrected chi connectivity index (χ1v) is 4.34. The van der Waals surface area contributed by atoms with E-state index in [1.54, 1.807) is 12.1 Å². The van der Waals surface area contributed by atoms with Crippen LogP contribution in [0, 0.1) is 21.4 Å². The number of rotatable bonds is 3. The molecule has 0 aliphatic rings. The number of nitro groups is 1. The van der Waals surface area contributed by atoms with E-state index < -0.39 is 10.3 Å². The summed E-state index contributed by atoms with van der Waals surface area (Å²) in [6.45, 7) is 0. The van der Waals surface area contributed by atoms with Crippen molar-refractivity contribution in [3.05, 3.63) is 39.9 Å². The highest BCUT2D eigenvalue weighted by Crippen LogP contribution is 2.15. The molecule has 14 heavy (non-hydrogen) atoms. The van der Waals surface area contributed by atoms with Crippen LogP contribution in [0.25, 0.3) is 0 Å². The van der Waals surface area contributed by atoms with E-state index in [4.69, 9.17) is 16.9 Å². The highest BCUT2D eigenvalue weighted by molar-refractivity contribution is 6.22. The Morgan fingerprint density at radius 1 is 1.64 bits per heavy atom. The van der Waals surface area contributed by atoms with E-state index in [1.165, 1.54) is 12.1 Å². The molecule has 0 aliphatic heterocycles. The van der Waals surface area contributed by atoms with Crippen LogP contribution in [0.5, 0.6) is 0 Å². The van der Waals surface area contributed by atoms with Crippen molar-refractivity contribution in [3.8, 4) is 6.07 Å². The minimum absolute atomic E-state index is 0.0179. The van der Waals surface area contributed by atoms with E-state index in [2.05, 4.69) is 0 Å². The second-order valence-electron chi connectivity index (χ2n) is 2.73. The maximum absolute atomic E-state index is 10.4. The van der Waals surface area contributed by atoms with Crippen LogP contribution < -0.4 is 0 Å². The molecule has 0 fully saturated rings. The fourth-order valence-electron chi connectivity index (χ4n) is 1.05. The molecule has 4 nitrogen and oxygen atoms in total. The van der Waals surface area contributed by atoms with Gasteiger partial charge in [-0.2, -0.15) is 5.26 Å². The lowest BCUT2D eigenvalue weighted by molar-refractivity contribution is -0.384. The quantitative estimate of drug-likeness (QED) is 0.437. The normalized spacial score (nSPS) is 11.7. The molecule has 72 valence electrons. The molecule has 0 aliphatic carbocycles. The average Bonchev–Trinajstić information content (AvgIpc) is 2.18. The van der Waals surface area contributed by atoms with Crippen molar-refractivity contribution in [2.45, 2.75) is 11.8 Å². The summed E-state index contributed by atoms with van der Waals surface area (Å²) in [4.78, 5) is 9.94. The third-order valence-electron chi connectivity index (χ3n) is 1.68. The molecule has 1 rings (SSSR count). The molecule has 0 saturated heterocycles. The summed E-state index contributed by atoms with van der Waals surface area (Å²) < 4.78 is 0. The van der Waals surface area contributed by atoms with Crippen LogP contribution in [0.2, 0.25) is 0 Å². The smallest absolute Gasteiger partial charge is 0.258 e. The number of nitro benzene ring substituents is 1. The SMILES string of the molecule is N#CC(Cl)Cc1cccc([N+](=O)[O-])c1. The summed E-state index contributed by atoms with van der Waals surface area (Å²) in [5.74, 6) is 0. The van der Waals surface area contributed by atoms with E-state index in [0.717, 1.165) is 0 Å². The Balaban J connectivity index is 2.85. The number of halogens is 1. The standard InChI is InChI=1S/C9H7ClN2O2/c10-8(6-11)4-7-2-1-3-9(5-7)12(13)14/h1-3,5,8H,4H2. The van der Waals surface area contributed by atoms with Crippen molar-refractivity contribution < 1.29 is 4.92 Å². The second kappa shape index (κ2) is 4.58. The third kappa shape index (κ3) is 2.71. The van der Waals surface area contributed by atoms with Gasteiger partial charge in [-0.15, -0.1) is 11.6 Å². The topological polar surface area (TPSA) is 66.9 Å². The summed E-state index contributed by atoms with van der Waals surface area (Å²) in [5.41, 5.74) is 0.713. The van der Waals surface area contributed by atoms with Crippen LogP contribution in [-0.2, 0) is 6.42 Å². The molecule has 0 N–H and O–H groups in total. The predicted molar refractivity (Wildman–Crippen MR) is 52.1 cm³/mol. The molecular formula is C9H7ClN2O2. The summed E-state index contributed by atoms with van der Waals surface area (Å²) in [5, 5.41) is 18.2. The Morgan fingerprint density at radius 2 is 2.36 bits per heavy atom. The molecule has 1 unspecified atom stereocenters. The fraction of sp³-hybridized carbons (Fsp3) is 0.222. The van der Waals surface area contributed by atoms with Crippen molar-refractivity contribution in [1.82, 2.24) is 0 Å². The van der Waals surface area contributed by atoms with E-state index in [9.17, 15) is 10.1 Å². The minimum atomic E-state index is -0.642. The van der Waals surface area contributed by atoms with Crippen LogP contribution >= 0.6 is 11.6 Å². The summed E-state index contributed by atoms with van der Waals surface area (Å²) >= 11 is 5.60. The van der Waals surface area contributed by atoms with Crippen LogP contribution in [-0.4, -0.2) is 10.3 Å². The Bertz CT molecular complexity index is 387. The van der Waals surface area contributed by atoms with E-state index in [-0.39, 0.29) is 5.69 Å². The van der Waals surface area contributed by atoms with Gasteiger partial charge in [-0.25, -0.2) is 0 Å². The number of non-ortho nitro benzene ring substituents is 1. The molecule has 5 heteroatoms. The monoisotopic (exact) mass is 210 g/mol.